The van der Waals surface area contributed by atoms with Crippen LogP contribution in [-0.2, 0) is 4.79 Å². The summed E-state index contributed by atoms with van der Waals surface area (Å²) in [7, 11) is 0. The first-order valence-corrected chi connectivity index (χ1v) is 6.23. The number of aromatic nitrogens is 1. The molecular weight excluding hydrogens is 359 g/mol. The van der Waals surface area contributed by atoms with Gasteiger partial charge in [-0.1, -0.05) is 15.9 Å². The maximum atomic E-state index is 11.6. The van der Waals surface area contributed by atoms with E-state index in [4.69, 9.17) is 0 Å². The average Bonchev–Trinajstić information content (AvgIpc) is 2.46. The van der Waals surface area contributed by atoms with E-state index in [1.165, 1.54) is 0 Å². The quantitative estimate of drug-likeness (QED) is 0.433. The number of rotatable bonds is 1. The van der Waals surface area contributed by atoms with E-state index in [0.717, 1.165) is 15.9 Å². The van der Waals surface area contributed by atoms with Gasteiger partial charge in [0.05, 0.1) is 5.69 Å². The zero-order valence-corrected chi connectivity index (χ0v) is 11.0. The maximum absolute atomic E-state index is 11.6. The SMILES string of the molecule is O=C1CC(Br)CN1c1cccnc1I. The van der Waals surface area contributed by atoms with E-state index in [2.05, 4.69) is 43.5 Å². The van der Waals surface area contributed by atoms with Crippen molar-refractivity contribution >= 4 is 50.1 Å². The van der Waals surface area contributed by atoms with Crippen LogP contribution in [0.3, 0.4) is 0 Å². The highest BCUT2D eigenvalue weighted by atomic mass is 127. The van der Waals surface area contributed by atoms with Gasteiger partial charge in [0, 0.05) is 24.0 Å². The van der Waals surface area contributed by atoms with Crippen LogP contribution in [0, 0.1) is 3.70 Å². The molecule has 0 spiro atoms. The Bertz CT molecular complexity index is 372. The number of anilines is 1. The highest BCUT2D eigenvalue weighted by Crippen LogP contribution is 2.27. The summed E-state index contributed by atoms with van der Waals surface area (Å²) in [4.78, 5) is 17.8. The number of halogens is 2. The molecule has 1 aromatic heterocycles. The Morgan fingerprint density at radius 1 is 1.64 bits per heavy atom. The monoisotopic (exact) mass is 366 g/mol. The van der Waals surface area contributed by atoms with Gasteiger partial charge in [0.15, 0.2) is 0 Å². The molecule has 0 bridgehead atoms. The lowest BCUT2D eigenvalue weighted by Crippen LogP contribution is -2.25. The zero-order valence-electron chi connectivity index (χ0n) is 7.28. The first kappa shape index (κ1) is 10.4. The first-order chi connectivity index (χ1) is 6.68. The molecule has 14 heavy (non-hydrogen) atoms. The minimum atomic E-state index is 0.165. The summed E-state index contributed by atoms with van der Waals surface area (Å²) in [6.07, 6.45) is 2.31. The van der Waals surface area contributed by atoms with E-state index >= 15 is 0 Å². The van der Waals surface area contributed by atoms with E-state index in [0.29, 0.717) is 6.42 Å². The molecule has 74 valence electrons. The van der Waals surface area contributed by atoms with E-state index < -0.39 is 0 Å². The lowest BCUT2D eigenvalue weighted by atomic mass is 10.4. The lowest BCUT2D eigenvalue weighted by Gasteiger charge is -2.16. The molecule has 0 aromatic carbocycles. The fourth-order valence-electron chi connectivity index (χ4n) is 1.48. The van der Waals surface area contributed by atoms with Crippen molar-refractivity contribution in [1.82, 2.24) is 4.98 Å². The van der Waals surface area contributed by atoms with Gasteiger partial charge in [-0.25, -0.2) is 4.98 Å². The molecule has 0 radical (unpaired) electrons. The highest BCUT2D eigenvalue weighted by Gasteiger charge is 2.29. The van der Waals surface area contributed by atoms with Crippen molar-refractivity contribution in [3.8, 4) is 0 Å². The van der Waals surface area contributed by atoms with Crippen molar-refractivity contribution in [2.45, 2.75) is 11.2 Å². The van der Waals surface area contributed by atoms with Gasteiger partial charge in [-0.15, -0.1) is 0 Å². The van der Waals surface area contributed by atoms with Crippen LogP contribution in [0.4, 0.5) is 5.69 Å². The predicted molar refractivity (Wildman–Crippen MR) is 66.6 cm³/mol. The number of alkyl halides is 1. The van der Waals surface area contributed by atoms with Crippen molar-refractivity contribution in [3.05, 3.63) is 22.0 Å². The van der Waals surface area contributed by atoms with Gasteiger partial charge in [-0.2, -0.15) is 0 Å². The second-order valence-electron chi connectivity index (χ2n) is 3.12. The van der Waals surface area contributed by atoms with Crippen molar-refractivity contribution in [3.63, 3.8) is 0 Å². The van der Waals surface area contributed by atoms with Crippen LogP contribution >= 0.6 is 38.5 Å². The van der Waals surface area contributed by atoms with Crippen molar-refractivity contribution in [1.29, 1.82) is 0 Å². The van der Waals surface area contributed by atoms with Gasteiger partial charge in [0.25, 0.3) is 0 Å². The molecule has 1 atom stereocenters. The fraction of sp³-hybridized carbons (Fsp3) is 0.333. The highest BCUT2D eigenvalue weighted by molar-refractivity contribution is 14.1. The minimum Gasteiger partial charge on any atom is -0.309 e. The molecular formula is C9H8BrIN2O. The Hall–Kier alpha value is -0.170. The number of carbonyl (C=O) groups is 1. The minimum absolute atomic E-state index is 0.165. The Morgan fingerprint density at radius 2 is 2.43 bits per heavy atom. The van der Waals surface area contributed by atoms with E-state index in [1.807, 2.05) is 12.1 Å². The lowest BCUT2D eigenvalue weighted by molar-refractivity contribution is -0.117. The van der Waals surface area contributed by atoms with Gasteiger partial charge >= 0.3 is 0 Å². The molecule has 1 saturated heterocycles. The van der Waals surface area contributed by atoms with Crippen LogP contribution in [0.15, 0.2) is 18.3 Å². The van der Waals surface area contributed by atoms with Gasteiger partial charge in [-0.3, -0.25) is 4.79 Å². The third-order valence-electron chi connectivity index (χ3n) is 2.11. The van der Waals surface area contributed by atoms with Gasteiger partial charge in [0.1, 0.15) is 3.70 Å². The van der Waals surface area contributed by atoms with Crippen LogP contribution < -0.4 is 4.90 Å². The van der Waals surface area contributed by atoms with Crippen molar-refractivity contribution < 1.29 is 4.79 Å². The molecule has 1 aromatic rings. The predicted octanol–water partition coefficient (Wildman–Crippen LogP) is 2.19. The summed E-state index contributed by atoms with van der Waals surface area (Å²) in [6, 6.07) is 3.78. The summed E-state index contributed by atoms with van der Waals surface area (Å²) in [5, 5.41) is 0. The van der Waals surface area contributed by atoms with Crippen LogP contribution in [0.2, 0.25) is 0 Å². The Morgan fingerprint density at radius 3 is 3.00 bits per heavy atom. The Kier molecular flexibility index (Phi) is 3.06. The molecule has 1 unspecified atom stereocenters. The molecule has 0 saturated carbocycles. The third-order valence-corrected chi connectivity index (χ3v) is 3.55. The molecule has 0 aliphatic carbocycles. The Labute approximate surface area is 104 Å². The normalized spacial score (nSPS) is 21.7. The Balaban J connectivity index is 2.32. The van der Waals surface area contributed by atoms with Crippen LogP contribution in [0.1, 0.15) is 6.42 Å². The number of hydrogen-bond donors (Lipinski definition) is 0. The summed E-state index contributed by atoms with van der Waals surface area (Å²) < 4.78 is 0.875. The number of carbonyl (C=O) groups excluding carboxylic acids is 1. The molecule has 1 amide bonds. The zero-order chi connectivity index (χ0) is 10.1. The van der Waals surface area contributed by atoms with Gasteiger partial charge in [-0.05, 0) is 34.7 Å². The van der Waals surface area contributed by atoms with Crippen molar-refractivity contribution in [2.24, 2.45) is 0 Å². The molecule has 3 nitrogen and oxygen atoms in total. The summed E-state index contributed by atoms with van der Waals surface area (Å²) in [5.41, 5.74) is 0.917. The summed E-state index contributed by atoms with van der Waals surface area (Å²) >= 11 is 5.60. The average molecular weight is 367 g/mol. The van der Waals surface area contributed by atoms with Gasteiger partial charge in [0.2, 0.25) is 5.91 Å². The van der Waals surface area contributed by atoms with Crippen LogP contribution in [0.5, 0.6) is 0 Å². The number of hydrogen-bond acceptors (Lipinski definition) is 2. The second-order valence-corrected chi connectivity index (χ2v) is 5.44. The smallest absolute Gasteiger partial charge is 0.228 e. The number of nitrogens with zero attached hydrogens (tertiary/aromatic N) is 2. The van der Waals surface area contributed by atoms with E-state index in [1.54, 1.807) is 11.1 Å². The molecule has 2 rings (SSSR count). The van der Waals surface area contributed by atoms with Crippen molar-refractivity contribution in [2.75, 3.05) is 11.4 Å². The number of amides is 1. The summed E-state index contributed by atoms with van der Waals surface area (Å²) in [5.74, 6) is 0.165. The third kappa shape index (κ3) is 1.93. The van der Waals surface area contributed by atoms with Crippen LogP contribution in [-0.4, -0.2) is 22.3 Å². The fourth-order valence-corrected chi connectivity index (χ4v) is 2.67. The molecule has 2 heterocycles. The second kappa shape index (κ2) is 4.14. The largest absolute Gasteiger partial charge is 0.309 e. The number of pyridine rings is 1. The first-order valence-electron chi connectivity index (χ1n) is 4.23. The molecule has 0 N–H and O–H groups in total. The molecule has 5 heteroatoms. The summed E-state index contributed by atoms with van der Waals surface area (Å²) in [6.45, 7) is 0.737. The van der Waals surface area contributed by atoms with E-state index in [9.17, 15) is 4.79 Å². The topological polar surface area (TPSA) is 33.2 Å². The van der Waals surface area contributed by atoms with Crippen LogP contribution in [0.25, 0.3) is 0 Å². The molecule has 1 aliphatic heterocycles. The van der Waals surface area contributed by atoms with Gasteiger partial charge < -0.3 is 4.90 Å². The van der Waals surface area contributed by atoms with E-state index in [-0.39, 0.29) is 10.7 Å². The standard InChI is InChI=1S/C9H8BrIN2O/c10-6-4-8(14)13(5-6)7-2-1-3-12-9(7)11/h1-3,6H,4-5H2. The molecule has 1 fully saturated rings. The maximum Gasteiger partial charge on any atom is 0.228 e. The molecule has 1 aliphatic rings.